The van der Waals surface area contributed by atoms with Crippen LogP contribution in [0.4, 0.5) is 5.69 Å². The third-order valence-corrected chi connectivity index (χ3v) is 6.17. The average Bonchev–Trinajstić information content (AvgIpc) is 3.40. The number of hydrogen-bond acceptors (Lipinski definition) is 6. The molecule has 4 rings (SSSR count). The van der Waals surface area contributed by atoms with Gasteiger partial charge in [-0.15, -0.1) is 11.3 Å². The van der Waals surface area contributed by atoms with Gasteiger partial charge in [-0.25, -0.2) is 4.90 Å². The number of benzene rings is 2. The van der Waals surface area contributed by atoms with Crippen LogP contribution in [0.5, 0.6) is 0 Å². The smallest absolute Gasteiger partial charge is 0.282 e. The SMILES string of the molecule is COCCN(CCOC)C1=C(c2cccs2)C(=O)N(c2cccc3ccccc23)C1=O. The van der Waals surface area contributed by atoms with Gasteiger partial charge < -0.3 is 14.4 Å². The summed E-state index contributed by atoms with van der Waals surface area (Å²) >= 11 is 1.45. The Kier molecular flexibility index (Phi) is 6.46. The lowest BCUT2D eigenvalue weighted by atomic mass is 10.1. The molecule has 6 nitrogen and oxygen atoms in total. The van der Waals surface area contributed by atoms with Crippen molar-refractivity contribution in [1.29, 1.82) is 0 Å². The van der Waals surface area contributed by atoms with Crippen LogP contribution >= 0.6 is 11.3 Å². The molecule has 2 heterocycles. The second kappa shape index (κ2) is 9.43. The largest absolute Gasteiger partial charge is 0.383 e. The van der Waals surface area contributed by atoms with Crippen LogP contribution in [0.3, 0.4) is 0 Å². The molecule has 31 heavy (non-hydrogen) atoms. The highest BCUT2D eigenvalue weighted by Crippen LogP contribution is 2.38. The van der Waals surface area contributed by atoms with Gasteiger partial charge in [-0.2, -0.15) is 0 Å². The third kappa shape index (κ3) is 3.99. The second-order valence-electron chi connectivity index (χ2n) is 7.12. The fraction of sp³-hybridized carbons (Fsp3) is 0.250. The first-order valence-electron chi connectivity index (χ1n) is 10.0. The van der Waals surface area contributed by atoms with Crippen molar-refractivity contribution in [2.75, 3.05) is 45.4 Å². The number of rotatable bonds is 9. The molecule has 0 radical (unpaired) electrons. The molecule has 0 spiro atoms. The maximum absolute atomic E-state index is 13.8. The summed E-state index contributed by atoms with van der Waals surface area (Å²) in [6, 6.07) is 17.2. The van der Waals surface area contributed by atoms with E-state index in [2.05, 4.69) is 0 Å². The van der Waals surface area contributed by atoms with Crippen LogP contribution in [0.25, 0.3) is 16.3 Å². The molecule has 0 aliphatic carbocycles. The van der Waals surface area contributed by atoms with E-state index in [1.807, 2.05) is 64.9 Å². The van der Waals surface area contributed by atoms with E-state index in [4.69, 9.17) is 9.47 Å². The Morgan fingerprint density at radius 2 is 1.58 bits per heavy atom. The predicted molar refractivity (Wildman–Crippen MR) is 123 cm³/mol. The van der Waals surface area contributed by atoms with Gasteiger partial charge >= 0.3 is 0 Å². The molecule has 1 aliphatic heterocycles. The zero-order valence-electron chi connectivity index (χ0n) is 17.5. The second-order valence-corrected chi connectivity index (χ2v) is 8.07. The van der Waals surface area contributed by atoms with E-state index in [1.54, 1.807) is 14.2 Å². The van der Waals surface area contributed by atoms with Gasteiger partial charge in [0, 0.05) is 37.6 Å². The number of imide groups is 1. The zero-order valence-corrected chi connectivity index (χ0v) is 18.4. The average molecular weight is 437 g/mol. The van der Waals surface area contributed by atoms with Crippen LogP contribution in [0.2, 0.25) is 0 Å². The Bertz CT molecular complexity index is 1110. The zero-order chi connectivity index (χ0) is 21.8. The van der Waals surface area contributed by atoms with Crippen LogP contribution in [-0.2, 0) is 19.1 Å². The normalized spacial score (nSPS) is 14.2. The fourth-order valence-corrected chi connectivity index (χ4v) is 4.58. The number of anilines is 1. The lowest BCUT2D eigenvalue weighted by Crippen LogP contribution is -2.37. The van der Waals surface area contributed by atoms with Crippen molar-refractivity contribution in [2.45, 2.75) is 0 Å². The summed E-state index contributed by atoms with van der Waals surface area (Å²) in [5.74, 6) is -0.629. The monoisotopic (exact) mass is 436 g/mol. The van der Waals surface area contributed by atoms with Gasteiger partial charge in [0.15, 0.2) is 0 Å². The van der Waals surface area contributed by atoms with E-state index in [-0.39, 0.29) is 11.8 Å². The van der Waals surface area contributed by atoms with Crippen LogP contribution in [0.15, 0.2) is 65.7 Å². The summed E-state index contributed by atoms with van der Waals surface area (Å²) in [5.41, 5.74) is 1.42. The number of nitrogens with zero attached hydrogens (tertiary/aromatic N) is 2. The number of carbonyl (C=O) groups is 2. The minimum absolute atomic E-state index is 0.307. The number of methoxy groups -OCH3 is 2. The number of ether oxygens (including phenoxy) is 2. The first-order chi connectivity index (χ1) is 15.2. The molecule has 2 amide bonds. The van der Waals surface area contributed by atoms with Gasteiger partial charge in [0.25, 0.3) is 11.8 Å². The molecule has 0 N–H and O–H groups in total. The van der Waals surface area contributed by atoms with Crippen LogP contribution in [0.1, 0.15) is 4.88 Å². The molecule has 0 saturated heterocycles. The maximum atomic E-state index is 13.8. The molecule has 0 saturated carbocycles. The molecule has 2 aromatic carbocycles. The number of thiophene rings is 1. The van der Waals surface area contributed by atoms with E-state index < -0.39 is 0 Å². The van der Waals surface area contributed by atoms with E-state index >= 15 is 0 Å². The first kappa shape index (κ1) is 21.2. The van der Waals surface area contributed by atoms with Crippen molar-refractivity contribution in [3.63, 3.8) is 0 Å². The van der Waals surface area contributed by atoms with Crippen LogP contribution in [0, 0.1) is 0 Å². The van der Waals surface area contributed by atoms with E-state index in [9.17, 15) is 9.59 Å². The van der Waals surface area contributed by atoms with Crippen molar-refractivity contribution >= 4 is 45.2 Å². The van der Waals surface area contributed by atoms with E-state index in [0.29, 0.717) is 43.3 Å². The quantitative estimate of drug-likeness (QED) is 0.478. The Morgan fingerprint density at radius 1 is 0.871 bits per heavy atom. The summed E-state index contributed by atoms with van der Waals surface area (Å²) in [6.45, 7) is 1.82. The predicted octanol–water partition coefficient (Wildman–Crippen LogP) is 3.78. The summed E-state index contributed by atoms with van der Waals surface area (Å²) in [4.78, 5) is 31.4. The lowest BCUT2D eigenvalue weighted by Gasteiger charge is -2.25. The van der Waals surface area contributed by atoms with Gasteiger partial charge in [0.2, 0.25) is 0 Å². The minimum atomic E-state index is -0.322. The molecule has 1 aliphatic rings. The number of amides is 2. The molecule has 1 aromatic heterocycles. The van der Waals surface area contributed by atoms with Crippen LogP contribution < -0.4 is 4.90 Å². The Balaban J connectivity index is 1.84. The highest BCUT2D eigenvalue weighted by Gasteiger charge is 2.43. The molecule has 0 atom stereocenters. The van der Waals surface area contributed by atoms with Crippen molar-refractivity contribution < 1.29 is 19.1 Å². The van der Waals surface area contributed by atoms with Crippen molar-refractivity contribution in [1.82, 2.24) is 4.90 Å². The van der Waals surface area contributed by atoms with Gasteiger partial charge in [-0.05, 0) is 22.9 Å². The topological polar surface area (TPSA) is 59.1 Å². The molecule has 3 aromatic rings. The van der Waals surface area contributed by atoms with Crippen molar-refractivity contribution in [3.05, 3.63) is 70.6 Å². The third-order valence-electron chi connectivity index (χ3n) is 5.28. The van der Waals surface area contributed by atoms with Gasteiger partial charge in [-0.3, -0.25) is 9.59 Å². The van der Waals surface area contributed by atoms with E-state index in [0.717, 1.165) is 15.6 Å². The molecule has 0 bridgehead atoms. The van der Waals surface area contributed by atoms with Crippen LogP contribution in [-0.4, -0.2) is 57.2 Å². The maximum Gasteiger partial charge on any atom is 0.282 e. The van der Waals surface area contributed by atoms with Gasteiger partial charge in [0.05, 0.1) is 24.5 Å². The summed E-state index contributed by atoms with van der Waals surface area (Å²) in [7, 11) is 3.24. The van der Waals surface area contributed by atoms with Crippen molar-refractivity contribution in [3.8, 4) is 0 Å². The summed E-state index contributed by atoms with van der Waals surface area (Å²) in [6.07, 6.45) is 0. The standard InChI is InChI=1S/C24H24N2O4S/c1-29-14-12-25(13-15-30-2)22-21(20-11-6-16-31-20)23(27)26(24(22)28)19-10-5-8-17-7-3-4-9-18(17)19/h3-11,16H,12-15H2,1-2H3. The highest BCUT2D eigenvalue weighted by molar-refractivity contribution is 7.11. The number of hydrogen-bond donors (Lipinski definition) is 0. The first-order valence-corrected chi connectivity index (χ1v) is 10.9. The van der Waals surface area contributed by atoms with Crippen molar-refractivity contribution in [2.24, 2.45) is 0 Å². The summed E-state index contributed by atoms with van der Waals surface area (Å²) in [5, 5.41) is 3.74. The molecule has 7 heteroatoms. The molecule has 0 fully saturated rings. The Morgan fingerprint density at radius 3 is 2.26 bits per heavy atom. The Hall–Kier alpha value is -3.00. The summed E-state index contributed by atoms with van der Waals surface area (Å²) < 4.78 is 10.5. The highest BCUT2D eigenvalue weighted by atomic mass is 32.1. The minimum Gasteiger partial charge on any atom is -0.383 e. The fourth-order valence-electron chi connectivity index (χ4n) is 3.81. The van der Waals surface area contributed by atoms with Gasteiger partial charge in [-0.1, -0.05) is 42.5 Å². The molecule has 160 valence electrons. The molecule has 0 unspecified atom stereocenters. The van der Waals surface area contributed by atoms with Gasteiger partial charge in [0.1, 0.15) is 5.70 Å². The lowest BCUT2D eigenvalue weighted by molar-refractivity contribution is -0.120. The molecular formula is C24H24N2O4S. The number of carbonyl (C=O) groups excluding carboxylic acids is 2. The molecular weight excluding hydrogens is 412 g/mol. The van der Waals surface area contributed by atoms with E-state index in [1.165, 1.54) is 16.2 Å². The Labute approximate surface area is 185 Å². The number of fused-ring (bicyclic) bond motifs is 1.